The molecule has 2 aromatic rings. The highest BCUT2D eigenvalue weighted by atomic mass is 35.5. The van der Waals surface area contributed by atoms with E-state index in [1.165, 1.54) is 22.5 Å². The number of nitrogens with zero attached hydrogens (tertiary/aromatic N) is 2. The Kier molecular flexibility index (Phi) is 5.00. The number of nitriles is 1. The van der Waals surface area contributed by atoms with Gasteiger partial charge in [-0.15, -0.1) is 0 Å². The average molecular weight is 377 g/mol. The summed E-state index contributed by atoms with van der Waals surface area (Å²) in [5.41, 5.74) is 1.25. The Balaban J connectivity index is 1.81. The van der Waals surface area contributed by atoms with Crippen LogP contribution in [-0.2, 0) is 10.0 Å². The van der Waals surface area contributed by atoms with Gasteiger partial charge in [-0.05, 0) is 48.2 Å². The second-order valence-corrected chi connectivity index (χ2v) is 8.22. The standard InChI is InChI=1S/C18H17ClN2O3S/c1-24-16-4-2-13(3-5-16)14-8-9-21(12-14)25(22,23)17-6-7-18(19)15(10-17)11-20/h2-7,10,14H,8-9,12H2,1H3. The molecule has 2 aromatic carbocycles. The number of benzene rings is 2. The summed E-state index contributed by atoms with van der Waals surface area (Å²) in [6.07, 6.45) is 0.754. The monoisotopic (exact) mass is 376 g/mol. The first-order valence-electron chi connectivity index (χ1n) is 7.79. The van der Waals surface area contributed by atoms with E-state index in [1.54, 1.807) is 7.11 Å². The minimum atomic E-state index is -3.64. The Morgan fingerprint density at radius 1 is 1.24 bits per heavy atom. The van der Waals surface area contributed by atoms with Gasteiger partial charge in [0.15, 0.2) is 0 Å². The lowest BCUT2D eigenvalue weighted by atomic mass is 9.99. The van der Waals surface area contributed by atoms with E-state index in [0.717, 1.165) is 17.7 Å². The highest BCUT2D eigenvalue weighted by molar-refractivity contribution is 7.89. The predicted molar refractivity (Wildman–Crippen MR) is 95.3 cm³/mol. The van der Waals surface area contributed by atoms with E-state index in [9.17, 15) is 8.42 Å². The van der Waals surface area contributed by atoms with Gasteiger partial charge in [-0.2, -0.15) is 9.57 Å². The van der Waals surface area contributed by atoms with Crippen LogP contribution in [0.15, 0.2) is 47.4 Å². The van der Waals surface area contributed by atoms with Gasteiger partial charge in [-0.1, -0.05) is 23.7 Å². The van der Waals surface area contributed by atoms with Gasteiger partial charge >= 0.3 is 0 Å². The molecule has 0 radical (unpaired) electrons. The molecule has 0 N–H and O–H groups in total. The zero-order chi connectivity index (χ0) is 18.0. The number of ether oxygens (including phenoxy) is 1. The second kappa shape index (κ2) is 7.04. The Morgan fingerprint density at radius 2 is 1.96 bits per heavy atom. The number of rotatable bonds is 4. The Morgan fingerprint density at radius 3 is 2.60 bits per heavy atom. The van der Waals surface area contributed by atoms with Gasteiger partial charge < -0.3 is 4.74 Å². The smallest absolute Gasteiger partial charge is 0.243 e. The molecule has 3 rings (SSSR count). The summed E-state index contributed by atoms with van der Waals surface area (Å²) < 4.78 is 32.3. The fourth-order valence-corrected chi connectivity index (χ4v) is 4.68. The molecule has 1 aliphatic rings. The van der Waals surface area contributed by atoms with Crippen molar-refractivity contribution in [3.63, 3.8) is 0 Å². The van der Waals surface area contributed by atoms with Crippen LogP contribution in [0.3, 0.4) is 0 Å². The van der Waals surface area contributed by atoms with Crippen molar-refractivity contribution in [1.82, 2.24) is 4.31 Å². The van der Waals surface area contributed by atoms with Crippen molar-refractivity contribution in [1.29, 1.82) is 5.26 Å². The molecular weight excluding hydrogens is 360 g/mol. The highest BCUT2D eigenvalue weighted by Gasteiger charge is 2.33. The summed E-state index contributed by atoms with van der Waals surface area (Å²) >= 11 is 5.89. The summed E-state index contributed by atoms with van der Waals surface area (Å²) in [5, 5.41) is 9.30. The van der Waals surface area contributed by atoms with Crippen molar-refractivity contribution in [2.45, 2.75) is 17.2 Å². The van der Waals surface area contributed by atoms with Crippen molar-refractivity contribution < 1.29 is 13.2 Å². The molecule has 0 bridgehead atoms. The molecule has 1 unspecified atom stereocenters. The Hall–Kier alpha value is -2.07. The van der Waals surface area contributed by atoms with Crippen molar-refractivity contribution in [2.24, 2.45) is 0 Å². The number of methoxy groups -OCH3 is 1. The van der Waals surface area contributed by atoms with Crippen LogP contribution in [0.25, 0.3) is 0 Å². The average Bonchev–Trinajstić information content (AvgIpc) is 3.13. The Bertz CT molecular complexity index is 920. The summed E-state index contributed by atoms with van der Waals surface area (Å²) in [6, 6.07) is 13.8. The normalized spacial score (nSPS) is 18.0. The lowest BCUT2D eigenvalue weighted by Crippen LogP contribution is -2.28. The van der Waals surface area contributed by atoms with E-state index in [1.807, 2.05) is 30.3 Å². The highest BCUT2D eigenvalue weighted by Crippen LogP contribution is 2.32. The largest absolute Gasteiger partial charge is 0.497 e. The molecule has 5 nitrogen and oxygen atoms in total. The zero-order valence-corrected chi connectivity index (χ0v) is 15.2. The van der Waals surface area contributed by atoms with E-state index in [2.05, 4.69) is 0 Å². The molecule has 130 valence electrons. The number of hydrogen-bond acceptors (Lipinski definition) is 4. The number of halogens is 1. The van der Waals surface area contributed by atoms with E-state index >= 15 is 0 Å². The van der Waals surface area contributed by atoms with Crippen LogP contribution in [0.5, 0.6) is 5.75 Å². The van der Waals surface area contributed by atoms with E-state index < -0.39 is 10.0 Å². The molecule has 1 aliphatic heterocycles. The van der Waals surface area contributed by atoms with Crippen LogP contribution in [0.2, 0.25) is 5.02 Å². The van der Waals surface area contributed by atoms with Crippen LogP contribution in [-0.4, -0.2) is 32.9 Å². The summed E-state index contributed by atoms with van der Waals surface area (Å²) in [6.45, 7) is 0.864. The van der Waals surface area contributed by atoms with Crippen molar-refractivity contribution in [3.8, 4) is 11.8 Å². The van der Waals surface area contributed by atoms with Gasteiger partial charge in [0.2, 0.25) is 10.0 Å². The maximum Gasteiger partial charge on any atom is 0.243 e. The maximum atomic E-state index is 12.8. The molecule has 1 atom stereocenters. The van der Waals surface area contributed by atoms with Crippen molar-refractivity contribution in [3.05, 3.63) is 58.6 Å². The number of sulfonamides is 1. The molecule has 0 saturated carbocycles. The zero-order valence-electron chi connectivity index (χ0n) is 13.6. The van der Waals surface area contributed by atoms with Crippen LogP contribution < -0.4 is 4.74 Å². The predicted octanol–water partition coefficient (Wildman–Crippen LogP) is 3.40. The molecule has 1 saturated heterocycles. The number of hydrogen-bond donors (Lipinski definition) is 0. The second-order valence-electron chi connectivity index (χ2n) is 5.88. The quantitative estimate of drug-likeness (QED) is 0.819. The van der Waals surface area contributed by atoms with Gasteiger partial charge in [0, 0.05) is 13.1 Å². The molecule has 0 amide bonds. The molecule has 0 spiro atoms. The van der Waals surface area contributed by atoms with Crippen LogP contribution in [0.4, 0.5) is 0 Å². The molecule has 1 fully saturated rings. The third-order valence-corrected chi connectivity index (χ3v) is 6.62. The molecule has 25 heavy (non-hydrogen) atoms. The summed E-state index contributed by atoms with van der Waals surface area (Å²) in [4.78, 5) is 0.101. The van der Waals surface area contributed by atoms with E-state index in [4.69, 9.17) is 21.6 Å². The first-order chi connectivity index (χ1) is 12.0. The minimum Gasteiger partial charge on any atom is -0.497 e. The fraction of sp³-hybridized carbons (Fsp3) is 0.278. The first-order valence-corrected chi connectivity index (χ1v) is 9.61. The van der Waals surface area contributed by atoms with Gasteiger partial charge in [-0.25, -0.2) is 8.42 Å². The molecule has 1 heterocycles. The lowest BCUT2D eigenvalue weighted by Gasteiger charge is -2.17. The minimum absolute atomic E-state index is 0.101. The summed E-state index contributed by atoms with van der Waals surface area (Å²) in [5.74, 6) is 0.917. The van der Waals surface area contributed by atoms with E-state index in [0.29, 0.717) is 13.1 Å². The molecule has 7 heteroatoms. The Labute approximate surface area is 152 Å². The molecule has 0 aliphatic carbocycles. The van der Waals surface area contributed by atoms with Gasteiger partial charge in [0.25, 0.3) is 0 Å². The molecule has 0 aromatic heterocycles. The van der Waals surface area contributed by atoms with Gasteiger partial charge in [-0.3, -0.25) is 0 Å². The third kappa shape index (κ3) is 3.49. The van der Waals surface area contributed by atoms with Crippen LogP contribution in [0, 0.1) is 11.3 Å². The lowest BCUT2D eigenvalue weighted by molar-refractivity contribution is 0.414. The van der Waals surface area contributed by atoms with Crippen LogP contribution >= 0.6 is 11.6 Å². The third-order valence-electron chi connectivity index (χ3n) is 4.43. The van der Waals surface area contributed by atoms with Crippen molar-refractivity contribution >= 4 is 21.6 Å². The van der Waals surface area contributed by atoms with E-state index in [-0.39, 0.29) is 21.4 Å². The maximum absolute atomic E-state index is 12.8. The van der Waals surface area contributed by atoms with Gasteiger partial charge in [0.1, 0.15) is 11.8 Å². The summed E-state index contributed by atoms with van der Waals surface area (Å²) in [7, 11) is -2.03. The first kappa shape index (κ1) is 17.7. The SMILES string of the molecule is COc1ccc(C2CCN(S(=O)(=O)c3ccc(Cl)c(C#N)c3)C2)cc1. The topological polar surface area (TPSA) is 70.4 Å². The fourth-order valence-electron chi connectivity index (χ4n) is 2.99. The molecular formula is C18H17ClN2O3S. The van der Waals surface area contributed by atoms with Crippen molar-refractivity contribution in [2.75, 3.05) is 20.2 Å². The van der Waals surface area contributed by atoms with Crippen LogP contribution in [0.1, 0.15) is 23.5 Å². The van der Waals surface area contributed by atoms with Gasteiger partial charge in [0.05, 0.1) is 22.6 Å².